The Hall–Kier alpha value is -1.68. The summed E-state index contributed by atoms with van der Waals surface area (Å²) in [6.07, 6.45) is 0. The molecule has 0 unspecified atom stereocenters. The van der Waals surface area contributed by atoms with E-state index in [9.17, 15) is 9.18 Å². The van der Waals surface area contributed by atoms with Gasteiger partial charge < -0.3 is 4.74 Å². The molecule has 0 spiro atoms. The molecule has 18 heavy (non-hydrogen) atoms. The first-order valence-corrected chi connectivity index (χ1v) is 6.13. The molecule has 4 heteroatoms. The van der Waals surface area contributed by atoms with Crippen LogP contribution in [0.4, 0.5) is 4.39 Å². The minimum atomic E-state index is -0.830. The van der Waals surface area contributed by atoms with Crippen LogP contribution in [0, 0.1) is 5.82 Å². The van der Waals surface area contributed by atoms with E-state index >= 15 is 0 Å². The van der Waals surface area contributed by atoms with Gasteiger partial charge in [0.15, 0.2) is 11.6 Å². The Labute approximate surface area is 112 Å². The molecule has 92 valence electrons. The van der Waals surface area contributed by atoms with E-state index in [-0.39, 0.29) is 12.4 Å². The van der Waals surface area contributed by atoms with Crippen molar-refractivity contribution in [1.29, 1.82) is 0 Å². The zero-order valence-electron chi connectivity index (χ0n) is 9.40. The van der Waals surface area contributed by atoms with Crippen molar-refractivity contribution in [3.05, 3.63) is 74.6 Å². The van der Waals surface area contributed by atoms with Gasteiger partial charge in [0.25, 0.3) is 5.43 Å². The van der Waals surface area contributed by atoms with E-state index in [0.717, 1.165) is 11.6 Å². The van der Waals surface area contributed by atoms with Crippen LogP contribution < -0.4 is 10.2 Å². The van der Waals surface area contributed by atoms with Crippen LogP contribution in [-0.4, -0.2) is 0 Å². The molecule has 0 radical (unpaired) electrons. The van der Waals surface area contributed by atoms with Crippen molar-refractivity contribution in [3.8, 4) is 5.75 Å². The molecular formula is C14H10BrFO2. The molecule has 0 atom stereocenters. The normalized spacial score (nSPS) is 10.1. The second kappa shape index (κ2) is 5.78. The Morgan fingerprint density at radius 2 is 1.78 bits per heavy atom. The summed E-state index contributed by atoms with van der Waals surface area (Å²) in [4.78, 5) is 11.7. The van der Waals surface area contributed by atoms with Gasteiger partial charge in [-0.1, -0.05) is 36.4 Å². The van der Waals surface area contributed by atoms with Crippen LogP contribution in [0.25, 0.3) is 0 Å². The van der Waals surface area contributed by atoms with Crippen LogP contribution in [0.15, 0.2) is 57.8 Å². The van der Waals surface area contributed by atoms with Crippen LogP contribution in [-0.2, 0) is 6.61 Å². The molecule has 2 rings (SSSR count). The standard InChI is InChI=1S/C14H10BrFO2/c15-11-7-4-8-12(16)13(17)14(11)18-9-10-5-2-1-3-6-10/h1-8H,9H2. The third kappa shape index (κ3) is 2.96. The van der Waals surface area contributed by atoms with E-state index in [1.54, 1.807) is 6.07 Å². The fourth-order valence-corrected chi connectivity index (χ4v) is 1.90. The maximum absolute atomic E-state index is 13.3. The second-order valence-electron chi connectivity index (χ2n) is 3.65. The minimum absolute atomic E-state index is 0.0126. The highest BCUT2D eigenvalue weighted by Crippen LogP contribution is 2.20. The Morgan fingerprint density at radius 1 is 1.06 bits per heavy atom. The lowest BCUT2D eigenvalue weighted by Gasteiger charge is -2.05. The first kappa shape index (κ1) is 12.8. The third-order valence-corrected chi connectivity index (χ3v) is 2.98. The minimum Gasteiger partial charge on any atom is -0.484 e. The van der Waals surface area contributed by atoms with Crippen LogP contribution >= 0.6 is 15.9 Å². The molecule has 0 aliphatic carbocycles. The summed E-state index contributed by atoms with van der Waals surface area (Å²) in [5, 5.41) is 0. The van der Waals surface area contributed by atoms with Crippen LogP contribution in [0.1, 0.15) is 5.56 Å². The molecule has 0 amide bonds. The summed E-state index contributed by atoms with van der Waals surface area (Å²) in [6.45, 7) is 0.220. The van der Waals surface area contributed by atoms with Gasteiger partial charge in [0, 0.05) is 0 Å². The zero-order valence-corrected chi connectivity index (χ0v) is 11.0. The van der Waals surface area contributed by atoms with Gasteiger partial charge in [-0.15, -0.1) is 0 Å². The van der Waals surface area contributed by atoms with Crippen LogP contribution in [0.3, 0.4) is 0 Å². The van der Waals surface area contributed by atoms with Gasteiger partial charge in [-0.25, -0.2) is 4.39 Å². The average molecular weight is 309 g/mol. The topological polar surface area (TPSA) is 26.3 Å². The first-order valence-electron chi connectivity index (χ1n) is 5.33. The van der Waals surface area contributed by atoms with E-state index < -0.39 is 11.2 Å². The molecule has 0 saturated heterocycles. The maximum atomic E-state index is 13.3. The molecule has 2 aromatic carbocycles. The van der Waals surface area contributed by atoms with Crippen molar-refractivity contribution >= 4 is 15.9 Å². The Morgan fingerprint density at radius 3 is 2.50 bits per heavy atom. The largest absolute Gasteiger partial charge is 0.484 e. The van der Waals surface area contributed by atoms with E-state index in [1.807, 2.05) is 30.3 Å². The highest BCUT2D eigenvalue weighted by molar-refractivity contribution is 9.10. The quantitative estimate of drug-likeness (QED) is 0.867. The lowest BCUT2D eigenvalue weighted by atomic mass is 10.2. The summed E-state index contributed by atoms with van der Waals surface area (Å²) in [5.41, 5.74) is 0.165. The maximum Gasteiger partial charge on any atom is 0.257 e. The number of rotatable bonds is 3. The number of hydrogen-bond donors (Lipinski definition) is 0. The SMILES string of the molecule is O=c1c(F)cccc(Br)c1OCc1ccccc1. The van der Waals surface area contributed by atoms with E-state index in [4.69, 9.17) is 4.74 Å². The van der Waals surface area contributed by atoms with E-state index in [2.05, 4.69) is 15.9 Å². The van der Waals surface area contributed by atoms with Gasteiger partial charge in [-0.05, 0) is 33.6 Å². The molecule has 0 bridgehead atoms. The predicted molar refractivity (Wildman–Crippen MR) is 71.1 cm³/mol. The average Bonchev–Trinajstić information content (AvgIpc) is 2.50. The molecule has 0 fully saturated rings. The van der Waals surface area contributed by atoms with Crippen molar-refractivity contribution in [2.24, 2.45) is 0 Å². The van der Waals surface area contributed by atoms with Crippen molar-refractivity contribution in [1.82, 2.24) is 0 Å². The Kier molecular flexibility index (Phi) is 4.10. The van der Waals surface area contributed by atoms with Crippen molar-refractivity contribution in [3.63, 3.8) is 0 Å². The fourth-order valence-electron chi connectivity index (χ4n) is 1.45. The van der Waals surface area contributed by atoms with Crippen molar-refractivity contribution < 1.29 is 9.13 Å². The summed E-state index contributed by atoms with van der Waals surface area (Å²) >= 11 is 3.19. The monoisotopic (exact) mass is 308 g/mol. The molecule has 0 aliphatic rings. The molecule has 0 aliphatic heterocycles. The lowest BCUT2D eigenvalue weighted by Crippen LogP contribution is -2.09. The van der Waals surface area contributed by atoms with Gasteiger partial charge in [-0.3, -0.25) is 4.79 Å². The molecule has 0 heterocycles. The molecule has 0 N–H and O–H groups in total. The van der Waals surface area contributed by atoms with E-state index in [0.29, 0.717) is 4.47 Å². The number of ether oxygens (including phenoxy) is 1. The molecular weight excluding hydrogens is 299 g/mol. The predicted octanol–water partition coefficient (Wildman–Crippen LogP) is 3.53. The van der Waals surface area contributed by atoms with Gasteiger partial charge >= 0.3 is 0 Å². The first-order chi connectivity index (χ1) is 8.68. The highest BCUT2D eigenvalue weighted by atomic mass is 79.9. The number of halogens is 2. The Bertz CT molecular complexity index is 599. The fraction of sp³-hybridized carbons (Fsp3) is 0.0714. The van der Waals surface area contributed by atoms with E-state index in [1.165, 1.54) is 6.07 Å². The molecule has 0 saturated carbocycles. The summed E-state index contributed by atoms with van der Waals surface area (Å²) < 4.78 is 19.1. The van der Waals surface area contributed by atoms with Crippen LogP contribution in [0.2, 0.25) is 0 Å². The van der Waals surface area contributed by atoms with Gasteiger partial charge in [-0.2, -0.15) is 0 Å². The molecule has 0 aromatic heterocycles. The number of hydrogen-bond acceptors (Lipinski definition) is 2. The zero-order chi connectivity index (χ0) is 13.0. The summed E-state index contributed by atoms with van der Waals surface area (Å²) in [7, 11) is 0. The van der Waals surface area contributed by atoms with Crippen molar-refractivity contribution in [2.75, 3.05) is 0 Å². The molecule has 2 aromatic rings. The number of benzene rings is 1. The van der Waals surface area contributed by atoms with Crippen molar-refractivity contribution in [2.45, 2.75) is 6.61 Å². The van der Waals surface area contributed by atoms with Gasteiger partial charge in [0.1, 0.15) is 6.61 Å². The Balaban J connectivity index is 2.28. The summed E-state index contributed by atoms with van der Waals surface area (Å²) in [6, 6.07) is 13.5. The lowest BCUT2D eigenvalue weighted by molar-refractivity contribution is 0.300. The second-order valence-corrected chi connectivity index (χ2v) is 4.51. The highest BCUT2D eigenvalue weighted by Gasteiger charge is 2.09. The summed E-state index contributed by atoms with van der Waals surface area (Å²) in [5.74, 6) is -0.842. The molecule has 2 nitrogen and oxygen atoms in total. The third-order valence-electron chi connectivity index (χ3n) is 2.35. The smallest absolute Gasteiger partial charge is 0.257 e. The van der Waals surface area contributed by atoms with Gasteiger partial charge in [0.2, 0.25) is 0 Å². The van der Waals surface area contributed by atoms with Crippen LogP contribution in [0.5, 0.6) is 5.75 Å². The van der Waals surface area contributed by atoms with Gasteiger partial charge in [0.05, 0.1) is 4.47 Å².